The number of hydrogen-bond acceptors (Lipinski definition) is 1. The molecular weight excluding hydrogens is 206 g/mol. The van der Waals surface area contributed by atoms with E-state index in [9.17, 15) is 0 Å². The topological polar surface area (TPSA) is 12.0 Å². The third-order valence-electron chi connectivity index (χ3n) is 3.40. The molecule has 0 aromatic heterocycles. The monoisotopic (exact) mass is 229 g/mol. The van der Waals surface area contributed by atoms with E-state index < -0.39 is 0 Å². The van der Waals surface area contributed by atoms with Crippen LogP contribution in [0.5, 0.6) is 0 Å². The largest absolute Gasteiger partial charge is 0.303 e. The highest BCUT2D eigenvalue weighted by atomic mass is 14.9. The van der Waals surface area contributed by atoms with Crippen LogP contribution in [0.1, 0.15) is 38.7 Å². The van der Waals surface area contributed by atoms with E-state index in [-0.39, 0.29) is 6.04 Å². The minimum absolute atomic E-state index is 0.123. The zero-order chi connectivity index (χ0) is 12.7. The summed E-state index contributed by atoms with van der Waals surface area (Å²) >= 11 is 0. The van der Waals surface area contributed by atoms with Gasteiger partial charge in [-0.2, -0.15) is 0 Å². The fraction of sp³-hybridized carbons (Fsp3) is 0.500. The molecule has 1 heteroatoms. The molecule has 1 aromatic carbocycles. The molecule has 1 nitrogen and oxygen atoms in total. The van der Waals surface area contributed by atoms with Gasteiger partial charge in [0.15, 0.2) is 0 Å². The summed E-state index contributed by atoms with van der Waals surface area (Å²) in [7, 11) is 0. The molecule has 0 aliphatic heterocycles. The van der Waals surface area contributed by atoms with Crippen LogP contribution < -0.4 is 5.32 Å². The maximum absolute atomic E-state index is 5.68. The summed E-state index contributed by atoms with van der Waals surface area (Å²) in [6.45, 7) is 7.51. The van der Waals surface area contributed by atoms with Gasteiger partial charge in [-0.25, -0.2) is 0 Å². The zero-order valence-electron chi connectivity index (χ0n) is 11.1. The Morgan fingerprint density at radius 2 is 1.88 bits per heavy atom. The molecule has 1 rings (SSSR count). The second-order valence-corrected chi connectivity index (χ2v) is 4.52. The van der Waals surface area contributed by atoms with Crippen molar-refractivity contribution in [2.24, 2.45) is 5.92 Å². The summed E-state index contributed by atoms with van der Waals surface area (Å²) in [6.07, 6.45) is 6.82. The molecule has 0 saturated carbocycles. The van der Waals surface area contributed by atoms with Gasteiger partial charge in [-0.3, -0.25) is 0 Å². The summed E-state index contributed by atoms with van der Waals surface area (Å²) in [4.78, 5) is 0. The lowest BCUT2D eigenvalue weighted by Crippen LogP contribution is -2.36. The van der Waals surface area contributed by atoms with Crippen molar-refractivity contribution in [1.82, 2.24) is 5.32 Å². The zero-order valence-corrected chi connectivity index (χ0v) is 11.1. The Kier molecular flexibility index (Phi) is 5.80. The van der Waals surface area contributed by atoms with E-state index in [0.29, 0.717) is 11.8 Å². The molecule has 0 fully saturated rings. The summed E-state index contributed by atoms with van der Waals surface area (Å²) in [5, 5.41) is 3.41. The molecule has 0 aliphatic carbocycles. The molecular formula is C16H23N. The number of terminal acetylenes is 1. The van der Waals surface area contributed by atoms with Crippen molar-refractivity contribution in [2.75, 3.05) is 6.54 Å². The van der Waals surface area contributed by atoms with Crippen molar-refractivity contribution in [3.63, 3.8) is 0 Å². The lowest BCUT2D eigenvalue weighted by molar-refractivity contribution is 0.384. The lowest BCUT2D eigenvalue weighted by Gasteiger charge is -2.29. The summed E-state index contributed by atoms with van der Waals surface area (Å²) in [6, 6.07) is 10.7. The van der Waals surface area contributed by atoms with Gasteiger partial charge in [0.05, 0.1) is 6.04 Å². The van der Waals surface area contributed by atoms with Gasteiger partial charge in [0, 0.05) is 5.92 Å². The average molecular weight is 229 g/mol. The Labute approximate surface area is 106 Å². The molecule has 0 amide bonds. The predicted molar refractivity (Wildman–Crippen MR) is 74.9 cm³/mol. The van der Waals surface area contributed by atoms with Crippen LogP contribution in [0.2, 0.25) is 0 Å². The van der Waals surface area contributed by atoms with E-state index in [2.05, 4.69) is 62.3 Å². The van der Waals surface area contributed by atoms with Gasteiger partial charge in [-0.15, -0.1) is 6.42 Å². The molecule has 0 spiro atoms. The van der Waals surface area contributed by atoms with Crippen LogP contribution in [0.4, 0.5) is 0 Å². The fourth-order valence-corrected chi connectivity index (χ4v) is 2.29. The summed E-state index contributed by atoms with van der Waals surface area (Å²) in [5.41, 5.74) is 1.34. The number of likely N-dealkylation sites (N-methyl/N-ethyl adjacent to an activating group) is 1. The maximum atomic E-state index is 5.68. The van der Waals surface area contributed by atoms with E-state index in [0.717, 1.165) is 13.0 Å². The van der Waals surface area contributed by atoms with Crippen LogP contribution in [0, 0.1) is 18.3 Å². The van der Waals surface area contributed by atoms with Crippen molar-refractivity contribution in [3.8, 4) is 12.3 Å². The van der Waals surface area contributed by atoms with Gasteiger partial charge < -0.3 is 5.32 Å². The van der Waals surface area contributed by atoms with Gasteiger partial charge in [0.25, 0.3) is 0 Å². The first kappa shape index (κ1) is 13.8. The van der Waals surface area contributed by atoms with Gasteiger partial charge in [-0.1, -0.05) is 63.4 Å². The van der Waals surface area contributed by atoms with Crippen LogP contribution in [0.3, 0.4) is 0 Å². The first-order chi connectivity index (χ1) is 8.24. The third kappa shape index (κ3) is 3.61. The standard InChI is InChI=1S/C16H23N/c1-5-13(4)16(15(6-2)17-7-3)14-11-9-8-10-12-14/h2,8-13,15-17H,5,7H2,1,3-4H3. The maximum Gasteiger partial charge on any atom is 0.0758 e. The average Bonchev–Trinajstić information content (AvgIpc) is 2.39. The Hall–Kier alpha value is -1.26. The highest BCUT2D eigenvalue weighted by molar-refractivity contribution is 5.25. The number of rotatable bonds is 6. The van der Waals surface area contributed by atoms with E-state index >= 15 is 0 Å². The molecule has 1 aromatic rings. The fourth-order valence-electron chi connectivity index (χ4n) is 2.29. The minimum Gasteiger partial charge on any atom is -0.303 e. The first-order valence-corrected chi connectivity index (χ1v) is 6.49. The van der Waals surface area contributed by atoms with E-state index in [4.69, 9.17) is 6.42 Å². The first-order valence-electron chi connectivity index (χ1n) is 6.49. The Morgan fingerprint density at radius 1 is 1.24 bits per heavy atom. The van der Waals surface area contributed by atoms with Crippen LogP contribution in [0.15, 0.2) is 30.3 Å². The van der Waals surface area contributed by atoms with Crippen molar-refractivity contribution in [1.29, 1.82) is 0 Å². The van der Waals surface area contributed by atoms with Gasteiger partial charge >= 0.3 is 0 Å². The van der Waals surface area contributed by atoms with Crippen LogP contribution in [0.25, 0.3) is 0 Å². The second kappa shape index (κ2) is 7.14. The molecule has 0 aliphatic rings. The van der Waals surface area contributed by atoms with Crippen LogP contribution in [-0.2, 0) is 0 Å². The second-order valence-electron chi connectivity index (χ2n) is 4.52. The summed E-state index contributed by atoms with van der Waals surface area (Å²) in [5.74, 6) is 3.88. The van der Waals surface area contributed by atoms with Gasteiger partial charge in [0.1, 0.15) is 0 Å². The van der Waals surface area contributed by atoms with Crippen LogP contribution in [-0.4, -0.2) is 12.6 Å². The smallest absolute Gasteiger partial charge is 0.0758 e. The highest BCUT2D eigenvalue weighted by Gasteiger charge is 2.25. The molecule has 17 heavy (non-hydrogen) atoms. The Balaban J connectivity index is 2.99. The van der Waals surface area contributed by atoms with E-state index in [1.807, 2.05) is 0 Å². The molecule has 3 atom stereocenters. The van der Waals surface area contributed by atoms with Gasteiger partial charge in [-0.05, 0) is 18.0 Å². The van der Waals surface area contributed by atoms with Crippen molar-refractivity contribution < 1.29 is 0 Å². The third-order valence-corrected chi connectivity index (χ3v) is 3.40. The predicted octanol–water partition coefficient (Wildman–Crippen LogP) is 3.43. The Morgan fingerprint density at radius 3 is 2.35 bits per heavy atom. The molecule has 0 radical (unpaired) electrons. The van der Waals surface area contributed by atoms with Crippen molar-refractivity contribution >= 4 is 0 Å². The normalized spacial score (nSPS) is 15.9. The minimum atomic E-state index is 0.123. The van der Waals surface area contributed by atoms with Crippen LogP contribution >= 0.6 is 0 Å². The molecule has 3 unspecified atom stereocenters. The molecule has 1 N–H and O–H groups in total. The molecule has 0 heterocycles. The molecule has 0 saturated heterocycles. The van der Waals surface area contributed by atoms with Gasteiger partial charge in [0.2, 0.25) is 0 Å². The Bertz CT molecular complexity index is 350. The van der Waals surface area contributed by atoms with Crippen molar-refractivity contribution in [3.05, 3.63) is 35.9 Å². The molecule has 0 bridgehead atoms. The quantitative estimate of drug-likeness (QED) is 0.737. The highest BCUT2D eigenvalue weighted by Crippen LogP contribution is 2.30. The summed E-state index contributed by atoms with van der Waals surface area (Å²) < 4.78 is 0. The van der Waals surface area contributed by atoms with E-state index in [1.165, 1.54) is 5.56 Å². The number of benzene rings is 1. The lowest BCUT2D eigenvalue weighted by atomic mass is 9.80. The van der Waals surface area contributed by atoms with Crippen molar-refractivity contribution in [2.45, 2.75) is 39.2 Å². The molecule has 92 valence electrons. The number of nitrogens with one attached hydrogen (secondary N) is 1. The SMILES string of the molecule is C#CC(NCC)C(c1ccccc1)C(C)CC. The number of hydrogen-bond donors (Lipinski definition) is 1. The van der Waals surface area contributed by atoms with E-state index in [1.54, 1.807) is 0 Å².